The number of thiophene rings is 1. The van der Waals surface area contributed by atoms with Gasteiger partial charge < -0.3 is 10.1 Å². The van der Waals surface area contributed by atoms with Crippen LogP contribution < -0.4 is 5.32 Å². The van der Waals surface area contributed by atoms with Crippen LogP contribution in [0.2, 0.25) is 0 Å². The number of likely N-dealkylation sites (N-methyl/N-ethyl adjacent to an activating group) is 1. The van der Waals surface area contributed by atoms with E-state index in [4.69, 9.17) is 4.74 Å². The molecule has 0 saturated heterocycles. The minimum Gasteiger partial charge on any atom is -0.379 e. The lowest BCUT2D eigenvalue weighted by Gasteiger charge is -2.26. The molecule has 0 aromatic carbocycles. The highest BCUT2D eigenvalue weighted by Gasteiger charge is 2.23. The SMILES string of the molecule is CCCC(OC)C(NCC)c1cscc1Br. The maximum Gasteiger partial charge on any atom is 0.0766 e. The summed E-state index contributed by atoms with van der Waals surface area (Å²) in [7, 11) is 1.80. The van der Waals surface area contributed by atoms with Crippen LogP contribution in [-0.4, -0.2) is 19.8 Å². The molecule has 0 bridgehead atoms. The Balaban J connectivity index is 2.84. The van der Waals surface area contributed by atoms with E-state index in [2.05, 4.69) is 45.9 Å². The second-order valence-corrected chi connectivity index (χ2v) is 5.37. The van der Waals surface area contributed by atoms with Crippen LogP contribution in [0.1, 0.15) is 38.3 Å². The highest BCUT2D eigenvalue weighted by atomic mass is 79.9. The first-order chi connectivity index (χ1) is 7.74. The third-order valence-corrected chi connectivity index (χ3v) is 4.40. The Kier molecular flexibility index (Phi) is 6.58. The van der Waals surface area contributed by atoms with E-state index in [-0.39, 0.29) is 12.1 Å². The third-order valence-electron chi connectivity index (χ3n) is 2.65. The number of halogens is 1. The molecule has 0 aliphatic carbocycles. The molecular formula is C12H20BrNOS. The molecule has 0 saturated carbocycles. The maximum absolute atomic E-state index is 5.61. The van der Waals surface area contributed by atoms with Crippen LogP contribution in [0.3, 0.4) is 0 Å². The molecule has 0 aliphatic rings. The molecule has 1 heterocycles. The smallest absolute Gasteiger partial charge is 0.0766 e. The highest BCUT2D eigenvalue weighted by molar-refractivity contribution is 9.10. The molecule has 92 valence electrons. The largest absolute Gasteiger partial charge is 0.379 e. The molecule has 1 rings (SSSR count). The Hall–Kier alpha value is 0.100. The van der Waals surface area contributed by atoms with Crippen LogP contribution >= 0.6 is 27.3 Å². The number of hydrogen-bond donors (Lipinski definition) is 1. The van der Waals surface area contributed by atoms with Crippen molar-refractivity contribution in [2.24, 2.45) is 0 Å². The topological polar surface area (TPSA) is 21.3 Å². The monoisotopic (exact) mass is 305 g/mol. The van der Waals surface area contributed by atoms with Gasteiger partial charge in [-0.2, -0.15) is 11.3 Å². The molecule has 0 spiro atoms. The Bertz CT molecular complexity index is 303. The van der Waals surface area contributed by atoms with E-state index in [1.165, 1.54) is 10.0 Å². The zero-order valence-electron chi connectivity index (χ0n) is 10.1. The summed E-state index contributed by atoms with van der Waals surface area (Å²) >= 11 is 5.32. The third kappa shape index (κ3) is 3.55. The second-order valence-electron chi connectivity index (χ2n) is 3.77. The summed E-state index contributed by atoms with van der Waals surface area (Å²) in [5.74, 6) is 0. The summed E-state index contributed by atoms with van der Waals surface area (Å²) in [4.78, 5) is 0. The van der Waals surface area contributed by atoms with Gasteiger partial charge in [0.15, 0.2) is 0 Å². The van der Waals surface area contributed by atoms with Gasteiger partial charge >= 0.3 is 0 Å². The quantitative estimate of drug-likeness (QED) is 0.823. The zero-order chi connectivity index (χ0) is 12.0. The van der Waals surface area contributed by atoms with Gasteiger partial charge in [-0.25, -0.2) is 0 Å². The fourth-order valence-corrected chi connectivity index (χ4v) is 3.46. The van der Waals surface area contributed by atoms with Crippen LogP contribution in [0.15, 0.2) is 15.2 Å². The van der Waals surface area contributed by atoms with Gasteiger partial charge in [0.25, 0.3) is 0 Å². The number of ether oxygens (including phenoxy) is 1. The van der Waals surface area contributed by atoms with Gasteiger partial charge in [0.1, 0.15) is 0 Å². The molecule has 2 atom stereocenters. The standard InChI is InChI=1S/C12H20BrNOS/c1-4-6-11(15-3)12(14-5-2)9-7-16-8-10(9)13/h7-8,11-12,14H,4-6H2,1-3H3. The van der Waals surface area contributed by atoms with Gasteiger partial charge in [-0.05, 0) is 39.8 Å². The number of nitrogens with one attached hydrogen (secondary N) is 1. The fourth-order valence-electron chi connectivity index (χ4n) is 1.88. The van der Waals surface area contributed by atoms with E-state index in [0.717, 1.165) is 19.4 Å². The highest BCUT2D eigenvalue weighted by Crippen LogP contribution is 2.31. The Morgan fingerprint density at radius 3 is 2.62 bits per heavy atom. The molecule has 0 fully saturated rings. The molecule has 2 unspecified atom stereocenters. The summed E-state index contributed by atoms with van der Waals surface area (Å²) in [6.45, 7) is 5.28. The maximum atomic E-state index is 5.61. The van der Waals surface area contributed by atoms with E-state index >= 15 is 0 Å². The summed E-state index contributed by atoms with van der Waals surface area (Å²) in [5.41, 5.74) is 1.31. The fraction of sp³-hybridized carbons (Fsp3) is 0.667. The molecule has 1 N–H and O–H groups in total. The second kappa shape index (κ2) is 7.43. The average Bonchev–Trinajstić information content (AvgIpc) is 2.69. The Morgan fingerprint density at radius 1 is 1.44 bits per heavy atom. The first kappa shape index (κ1) is 14.2. The van der Waals surface area contributed by atoms with Gasteiger partial charge in [0.2, 0.25) is 0 Å². The van der Waals surface area contributed by atoms with Crippen molar-refractivity contribution in [3.05, 3.63) is 20.8 Å². The Labute approximate surface area is 111 Å². The molecular weight excluding hydrogens is 286 g/mol. The van der Waals surface area contributed by atoms with E-state index in [0.29, 0.717) is 0 Å². The van der Waals surface area contributed by atoms with E-state index in [1.807, 2.05) is 0 Å². The molecule has 2 nitrogen and oxygen atoms in total. The number of hydrogen-bond acceptors (Lipinski definition) is 3. The van der Waals surface area contributed by atoms with Crippen LogP contribution in [0.25, 0.3) is 0 Å². The van der Waals surface area contributed by atoms with E-state index in [9.17, 15) is 0 Å². The van der Waals surface area contributed by atoms with Crippen molar-refractivity contribution in [2.45, 2.75) is 38.8 Å². The lowest BCUT2D eigenvalue weighted by Crippen LogP contribution is -2.33. The average molecular weight is 306 g/mol. The van der Waals surface area contributed by atoms with Crippen LogP contribution in [0, 0.1) is 0 Å². The predicted molar refractivity (Wildman–Crippen MR) is 74.1 cm³/mol. The van der Waals surface area contributed by atoms with Crippen molar-refractivity contribution in [3.8, 4) is 0 Å². The van der Waals surface area contributed by atoms with E-state index in [1.54, 1.807) is 18.4 Å². The molecule has 4 heteroatoms. The molecule has 1 aromatic rings. The summed E-state index contributed by atoms with van der Waals surface area (Å²) in [6.07, 6.45) is 2.47. The van der Waals surface area contributed by atoms with Gasteiger partial charge in [-0.15, -0.1) is 0 Å². The number of rotatable bonds is 7. The van der Waals surface area contributed by atoms with E-state index < -0.39 is 0 Å². The Morgan fingerprint density at radius 2 is 2.19 bits per heavy atom. The molecule has 16 heavy (non-hydrogen) atoms. The lowest BCUT2D eigenvalue weighted by atomic mass is 10.0. The molecule has 0 aliphatic heterocycles. The van der Waals surface area contributed by atoms with Crippen LogP contribution in [0.5, 0.6) is 0 Å². The van der Waals surface area contributed by atoms with Crippen molar-refractivity contribution in [1.29, 1.82) is 0 Å². The van der Waals surface area contributed by atoms with Gasteiger partial charge in [0, 0.05) is 17.0 Å². The molecule has 0 radical (unpaired) electrons. The molecule has 0 amide bonds. The van der Waals surface area contributed by atoms with Gasteiger partial charge in [-0.1, -0.05) is 20.3 Å². The van der Waals surface area contributed by atoms with Crippen LogP contribution in [-0.2, 0) is 4.74 Å². The summed E-state index contributed by atoms with van der Waals surface area (Å²) in [6, 6.07) is 0.288. The first-order valence-corrected chi connectivity index (χ1v) is 7.45. The van der Waals surface area contributed by atoms with Crippen molar-refractivity contribution in [3.63, 3.8) is 0 Å². The first-order valence-electron chi connectivity index (χ1n) is 5.72. The van der Waals surface area contributed by atoms with Crippen molar-refractivity contribution in [1.82, 2.24) is 5.32 Å². The normalized spacial score (nSPS) is 15.0. The van der Waals surface area contributed by atoms with Crippen molar-refractivity contribution >= 4 is 27.3 Å². The minimum absolute atomic E-state index is 0.246. The minimum atomic E-state index is 0.246. The number of methoxy groups -OCH3 is 1. The summed E-state index contributed by atoms with van der Waals surface area (Å²) < 4.78 is 6.79. The predicted octanol–water partition coefficient (Wildman–Crippen LogP) is 3.98. The molecule has 1 aromatic heterocycles. The van der Waals surface area contributed by atoms with Crippen molar-refractivity contribution < 1.29 is 4.74 Å². The zero-order valence-corrected chi connectivity index (χ0v) is 12.5. The summed E-state index contributed by atoms with van der Waals surface area (Å²) in [5, 5.41) is 7.83. The van der Waals surface area contributed by atoms with Gasteiger partial charge in [-0.3, -0.25) is 0 Å². The van der Waals surface area contributed by atoms with Crippen LogP contribution in [0.4, 0.5) is 0 Å². The lowest BCUT2D eigenvalue weighted by molar-refractivity contribution is 0.0610. The van der Waals surface area contributed by atoms with Crippen molar-refractivity contribution in [2.75, 3.05) is 13.7 Å². The van der Waals surface area contributed by atoms with Gasteiger partial charge in [0.05, 0.1) is 12.1 Å².